The van der Waals surface area contributed by atoms with Crippen LogP contribution in [-0.2, 0) is 12.6 Å². The van der Waals surface area contributed by atoms with Gasteiger partial charge in [-0.1, -0.05) is 29.8 Å². The first kappa shape index (κ1) is 14.4. The Morgan fingerprint density at radius 3 is 2.05 bits per heavy atom. The summed E-state index contributed by atoms with van der Waals surface area (Å²) in [6.07, 6.45) is -3.71. The van der Waals surface area contributed by atoms with E-state index in [0.29, 0.717) is 13.0 Å². The van der Waals surface area contributed by atoms with Crippen LogP contribution >= 0.6 is 0 Å². The fraction of sp³-hybridized carbons (Fsp3) is 0.250. The molecule has 1 nitrogen and oxygen atoms in total. The average Bonchev–Trinajstić information content (AvgIpc) is 2.41. The monoisotopic (exact) mass is 280 g/mol. The molecule has 0 saturated heterocycles. The maximum absolute atomic E-state index is 12.4. The topological polar surface area (TPSA) is 9.23 Å². The second kappa shape index (κ2) is 5.99. The van der Waals surface area contributed by atoms with Crippen molar-refractivity contribution in [1.82, 2.24) is 0 Å². The van der Waals surface area contributed by atoms with Crippen LogP contribution in [0, 0.1) is 6.92 Å². The quantitative estimate of drug-likeness (QED) is 0.793. The molecule has 106 valence electrons. The van der Waals surface area contributed by atoms with Crippen molar-refractivity contribution >= 4 is 0 Å². The lowest BCUT2D eigenvalue weighted by Gasteiger charge is -2.09. The summed E-state index contributed by atoms with van der Waals surface area (Å²) >= 11 is 0. The van der Waals surface area contributed by atoms with Gasteiger partial charge >= 0.3 is 6.18 Å². The van der Waals surface area contributed by atoms with Gasteiger partial charge in [0.2, 0.25) is 0 Å². The minimum atomic E-state index is -4.28. The van der Waals surface area contributed by atoms with Crippen molar-refractivity contribution in [3.8, 4) is 5.75 Å². The normalized spacial score (nSPS) is 11.4. The van der Waals surface area contributed by atoms with Crippen molar-refractivity contribution in [3.05, 3.63) is 65.2 Å². The molecule has 0 radical (unpaired) electrons. The molecule has 2 rings (SSSR count). The third-order valence-corrected chi connectivity index (χ3v) is 2.96. The largest absolute Gasteiger partial charge is 0.493 e. The standard InChI is InChI=1S/C16H15F3O/c1-12-2-8-15(9-3-12)20-11-10-13-4-6-14(7-5-13)16(17,18)19/h2-9H,10-11H2,1H3. The molecule has 20 heavy (non-hydrogen) atoms. The van der Waals surface area contributed by atoms with Gasteiger partial charge in [0, 0.05) is 6.42 Å². The highest BCUT2D eigenvalue weighted by atomic mass is 19.4. The highest BCUT2D eigenvalue weighted by Gasteiger charge is 2.29. The molecule has 2 aromatic rings. The molecular weight excluding hydrogens is 265 g/mol. The Kier molecular flexibility index (Phi) is 4.32. The molecule has 0 aliphatic carbocycles. The summed E-state index contributed by atoms with van der Waals surface area (Å²) in [5.74, 6) is 0.766. The predicted molar refractivity (Wildman–Crippen MR) is 71.8 cm³/mol. The van der Waals surface area contributed by atoms with E-state index in [1.807, 2.05) is 31.2 Å². The minimum Gasteiger partial charge on any atom is -0.493 e. The lowest BCUT2D eigenvalue weighted by molar-refractivity contribution is -0.137. The third kappa shape index (κ3) is 4.02. The highest BCUT2D eigenvalue weighted by molar-refractivity contribution is 5.27. The van der Waals surface area contributed by atoms with Gasteiger partial charge in [0.15, 0.2) is 0 Å². The fourth-order valence-corrected chi connectivity index (χ4v) is 1.78. The summed E-state index contributed by atoms with van der Waals surface area (Å²) in [5.41, 5.74) is 1.35. The number of alkyl halides is 3. The van der Waals surface area contributed by atoms with Crippen LogP contribution in [0.3, 0.4) is 0 Å². The van der Waals surface area contributed by atoms with Crippen LogP contribution in [0.4, 0.5) is 13.2 Å². The summed E-state index contributed by atoms with van der Waals surface area (Å²) in [7, 11) is 0. The predicted octanol–water partition coefficient (Wildman–Crippen LogP) is 4.64. The fourth-order valence-electron chi connectivity index (χ4n) is 1.78. The zero-order valence-electron chi connectivity index (χ0n) is 11.1. The van der Waals surface area contributed by atoms with Gasteiger partial charge in [-0.15, -0.1) is 0 Å². The number of halogens is 3. The van der Waals surface area contributed by atoms with Crippen LogP contribution in [0.25, 0.3) is 0 Å². The van der Waals surface area contributed by atoms with Gasteiger partial charge in [0.05, 0.1) is 12.2 Å². The molecule has 2 aromatic carbocycles. The molecule has 0 bridgehead atoms. The molecule has 0 amide bonds. The van der Waals surface area contributed by atoms with E-state index in [1.54, 1.807) is 0 Å². The first-order valence-electron chi connectivity index (χ1n) is 6.31. The number of hydrogen-bond acceptors (Lipinski definition) is 1. The van der Waals surface area contributed by atoms with E-state index in [4.69, 9.17) is 4.74 Å². The van der Waals surface area contributed by atoms with E-state index in [9.17, 15) is 13.2 Å². The number of hydrogen-bond donors (Lipinski definition) is 0. The summed E-state index contributed by atoms with van der Waals surface area (Å²) in [4.78, 5) is 0. The van der Waals surface area contributed by atoms with E-state index in [0.717, 1.165) is 29.0 Å². The minimum absolute atomic E-state index is 0.439. The van der Waals surface area contributed by atoms with Crippen LogP contribution in [-0.4, -0.2) is 6.61 Å². The number of rotatable bonds is 4. The second-order valence-corrected chi connectivity index (χ2v) is 4.61. The first-order chi connectivity index (χ1) is 9.45. The van der Waals surface area contributed by atoms with E-state index >= 15 is 0 Å². The molecule has 0 aromatic heterocycles. The Balaban J connectivity index is 1.87. The molecule has 0 fully saturated rings. The van der Waals surface area contributed by atoms with Crippen molar-refractivity contribution < 1.29 is 17.9 Å². The van der Waals surface area contributed by atoms with Gasteiger partial charge in [0.1, 0.15) is 5.75 Å². The van der Waals surface area contributed by atoms with Crippen molar-refractivity contribution in [1.29, 1.82) is 0 Å². The number of ether oxygens (including phenoxy) is 1. The van der Waals surface area contributed by atoms with Crippen molar-refractivity contribution in [3.63, 3.8) is 0 Å². The molecule has 0 N–H and O–H groups in total. The Hall–Kier alpha value is -1.97. The maximum atomic E-state index is 12.4. The zero-order chi connectivity index (χ0) is 14.6. The van der Waals surface area contributed by atoms with E-state index < -0.39 is 11.7 Å². The Morgan fingerprint density at radius 1 is 0.900 bits per heavy atom. The summed E-state index contributed by atoms with van der Waals surface area (Å²) in [6, 6.07) is 12.8. The van der Waals surface area contributed by atoms with Gasteiger partial charge in [-0.3, -0.25) is 0 Å². The average molecular weight is 280 g/mol. The second-order valence-electron chi connectivity index (χ2n) is 4.61. The van der Waals surface area contributed by atoms with Gasteiger partial charge in [-0.25, -0.2) is 0 Å². The van der Waals surface area contributed by atoms with E-state index in [-0.39, 0.29) is 0 Å². The third-order valence-electron chi connectivity index (χ3n) is 2.96. The Labute approximate surface area is 116 Å². The lowest BCUT2D eigenvalue weighted by atomic mass is 10.1. The molecule has 4 heteroatoms. The molecule has 0 unspecified atom stereocenters. The van der Waals surface area contributed by atoms with Gasteiger partial charge in [0.25, 0.3) is 0 Å². The van der Waals surface area contributed by atoms with Crippen molar-refractivity contribution in [2.24, 2.45) is 0 Å². The molecule has 0 saturated carbocycles. The maximum Gasteiger partial charge on any atom is 0.416 e. The van der Waals surface area contributed by atoms with Crippen LogP contribution in [0.1, 0.15) is 16.7 Å². The summed E-state index contributed by atoms with van der Waals surface area (Å²) in [5, 5.41) is 0. The molecule has 0 heterocycles. The number of aryl methyl sites for hydroxylation is 1. The van der Waals surface area contributed by atoms with Gasteiger partial charge in [-0.05, 0) is 36.8 Å². The van der Waals surface area contributed by atoms with Crippen molar-refractivity contribution in [2.75, 3.05) is 6.61 Å². The SMILES string of the molecule is Cc1ccc(OCCc2ccc(C(F)(F)F)cc2)cc1. The summed E-state index contributed by atoms with van der Waals surface area (Å²) in [6.45, 7) is 2.43. The summed E-state index contributed by atoms with van der Waals surface area (Å²) < 4.78 is 42.7. The Bertz CT molecular complexity index is 541. The van der Waals surface area contributed by atoms with Crippen LogP contribution in [0.5, 0.6) is 5.75 Å². The van der Waals surface area contributed by atoms with Gasteiger partial charge in [-0.2, -0.15) is 13.2 Å². The lowest BCUT2D eigenvalue weighted by Crippen LogP contribution is -2.05. The van der Waals surface area contributed by atoms with Crippen LogP contribution in [0.2, 0.25) is 0 Å². The first-order valence-corrected chi connectivity index (χ1v) is 6.31. The Morgan fingerprint density at radius 2 is 1.50 bits per heavy atom. The van der Waals surface area contributed by atoms with E-state index in [2.05, 4.69) is 0 Å². The van der Waals surface area contributed by atoms with Crippen molar-refractivity contribution in [2.45, 2.75) is 19.5 Å². The van der Waals surface area contributed by atoms with Crippen LogP contribution < -0.4 is 4.74 Å². The molecule has 0 aliphatic heterocycles. The highest BCUT2D eigenvalue weighted by Crippen LogP contribution is 2.29. The smallest absolute Gasteiger partial charge is 0.416 e. The molecule has 0 aliphatic rings. The number of benzene rings is 2. The zero-order valence-corrected chi connectivity index (χ0v) is 11.1. The molecular formula is C16H15F3O. The molecule has 0 atom stereocenters. The van der Waals surface area contributed by atoms with Gasteiger partial charge < -0.3 is 4.74 Å². The molecule has 0 spiro atoms. The van der Waals surface area contributed by atoms with E-state index in [1.165, 1.54) is 12.1 Å². The van der Waals surface area contributed by atoms with Crippen LogP contribution in [0.15, 0.2) is 48.5 Å².